The van der Waals surface area contributed by atoms with Crippen molar-refractivity contribution in [1.82, 2.24) is 0 Å². The Morgan fingerprint density at radius 3 is 2.56 bits per heavy atom. The van der Waals surface area contributed by atoms with E-state index in [9.17, 15) is 9.18 Å². The van der Waals surface area contributed by atoms with E-state index in [0.29, 0.717) is 24.1 Å². The molecule has 0 aliphatic rings. The zero-order valence-electron chi connectivity index (χ0n) is 11.4. The third-order valence-corrected chi connectivity index (χ3v) is 3.34. The summed E-state index contributed by atoms with van der Waals surface area (Å²) in [6.45, 7) is 6.51. The molecule has 0 aliphatic heterocycles. The van der Waals surface area contributed by atoms with Crippen molar-refractivity contribution in [3.8, 4) is 0 Å². The summed E-state index contributed by atoms with van der Waals surface area (Å²) in [5, 5.41) is 0. The van der Waals surface area contributed by atoms with Crippen LogP contribution in [0.5, 0.6) is 0 Å². The lowest BCUT2D eigenvalue weighted by molar-refractivity contribution is 0.0961. The maximum absolute atomic E-state index is 13.4. The van der Waals surface area contributed by atoms with Crippen LogP contribution in [0.15, 0.2) is 18.2 Å². The van der Waals surface area contributed by atoms with Crippen LogP contribution in [0.25, 0.3) is 0 Å². The molecule has 0 heterocycles. The van der Waals surface area contributed by atoms with Crippen molar-refractivity contribution in [3.05, 3.63) is 35.1 Å². The molecule has 3 heteroatoms. The third kappa shape index (κ3) is 4.22. The number of rotatable bonds is 6. The van der Waals surface area contributed by atoms with Crippen LogP contribution in [0.2, 0.25) is 0 Å². The van der Waals surface area contributed by atoms with E-state index in [2.05, 4.69) is 13.8 Å². The second kappa shape index (κ2) is 6.10. The number of nitrogens with two attached hydrogens (primary N) is 1. The van der Waals surface area contributed by atoms with E-state index in [-0.39, 0.29) is 17.0 Å². The molecule has 0 bridgehead atoms. The molecular weight excluding hydrogens is 229 g/mol. The Hall–Kier alpha value is -1.22. The summed E-state index contributed by atoms with van der Waals surface area (Å²) in [7, 11) is 0. The van der Waals surface area contributed by atoms with Crippen LogP contribution in [0.3, 0.4) is 0 Å². The Labute approximate surface area is 108 Å². The fourth-order valence-electron chi connectivity index (χ4n) is 1.88. The molecule has 18 heavy (non-hydrogen) atoms. The molecular formula is C15H22FNO. The summed E-state index contributed by atoms with van der Waals surface area (Å²) in [6, 6.07) is 4.66. The van der Waals surface area contributed by atoms with E-state index in [4.69, 9.17) is 5.73 Å². The highest BCUT2D eigenvalue weighted by Crippen LogP contribution is 2.27. The van der Waals surface area contributed by atoms with Gasteiger partial charge in [-0.2, -0.15) is 0 Å². The lowest BCUT2D eigenvalue weighted by atomic mass is 9.83. The summed E-state index contributed by atoms with van der Waals surface area (Å²) in [6.07, 6.45) is 2.11. The molecule has 0 unspecified atom stereocenters. The Morgan fingerprint density at radius 1 is 1.33 bits per heavy atom. The number of halogens is 1. The van der Waals surface area contributed by atoms with Crippen LogP contribution in [0.1, 0.15) is 49.0 Å². The maximum Gasteiger partial charge on any atom is 0.162 e. The minimum Gasteiger partial charge on any atom is -0.330 e. The van der Waals surface area contributed by atoms with E-state index in [1.165, 1.54) is 6.07 Å². The molecule has 1 rings (SSSR count). The highest BCUT2D eigenvalue weighted by molar-refractivity contribution is 5.96. The normalized spacial score (nSPS) is 11.6. The summed E-state index contributed by atoms with van der Waals surface area (Å²) in [4.78, 5) is 12.0. The van der Waals surface area contributed by atoms with Gasteiger partial charge < -0.3 is 5.73 Å². The number of benzene rings is 1. The smallest absolute Gasteiger partial charge is 0.162 e. The average Bonchev–Trinajstić information content (AvgIpc) is 2.30. The molecule has 0 atom stereocenters. The van der Waals surface area contributed by atoms with Gasteiger partial charge in [0, 0.05) is 12.0 Å². The first-order valence-corrected chi connectivity index (χ1v) is 6.35. The van der Waals surface area contributed by atoms with Crippen LogP contribution < -0.4 is 5.73 Å². The van der Waals surface area contributed by atoms with Crippen molar-refractivity contribution in [2.45, 2.75) is 40.0 Å². The predicted molar refractivity (Wildman–Crippen MR) is 72.2 cm³/mol. The number of carbonyl (C=O) groups excluding carboxylic acids is 1. The number of hydrogen-bond acceptors (Lipinski definition) is 2. The first-order valence-electron chi connectivity index (χ1n) is 6.35. The van der Waals surface area contributed by atoms with Gasteiger partial charge in [-0.05, 0) is 43.4 Å². The third-order valence-electron chi connectivity index (χ3n) is 3.34. The quantitative estimate of drug-likeness (QED) is 0.787. The molecule has 1 aromatic carbocycles. The number of hydrogen-bond donors (Lipinski definition) is 1. The van der Waals surface area contributed by atoms with Crippen molar-refractivity contribution in [1.29, 1.82) is 0 Å². The van der Waals surface area contributed by atoms with Crippen LogP contribution >= 0.6 is 0 Å². The zero-order valence-corrected chi connectivity index (χ0v) is 11.4. The lowest BCUT2D eigenvalue weighted by Gasteiger charge is -2.23. The van der Waals surface area contributed by atoms with Crippen molar-refractivity contribution >= 4 is 5.78 Å². The van der Waals surface area contributed by atoms with Crippen LogP contribution in [-0.4, -0.2) is 12.3 Å². The molecule has 100 valence electrons. The fraction of sp³-hybridized carbons (Fsp3) is 0.533. The molecule has 0 saturated heterocycles. The zero-order chi connectivity index (χ0) is 13.8. The monoisotopic (exact) mass is 251 g/mol. The van der Waals surface area contributed by atoms with Crippen LogP contribution in [0, 0.1) is 18.2 Å². The van der Waals surface area contributed by atoms with Gasteiger partial charge in [0.25, 0.3) is 0 Å². The molecule has 0 spiro atoms. The van der Waals surface area contributed by atoms with E-state index in [1.807, 2.05) is 0 Å². The maximum atomic E-state index is 13.4. The van der Waals surface area contributed by atoms with Crippen molar-refractivity contribution < 1.29 is 9.18 Å². The Morgan fingerprint density at radius 2 is 2.00 bits per heavy atom. The van der Waals surface area contributed by atoms with Gasteiger partial charge in [0.2, 0.25) is 0 Å². The van der Waals surface area contributed by atoms with Crippen molar-refractivity contribution in [3.63, 3.8) is 0 Å². The van der Waals surface area contributed by atoms with Gasteiger partial charge in [-0.1, -0.05) is 26.0 Å². The molecule has 0 fully saturated rings. The van der Waals surface area contributed by atoms with Gasteiger partial charge in [-0.3, -0.25) is 4.79 Å². The predicted octanol–water partition coefficient (Wildman–Crippen LogP) is 3.47. The first kappa shape index (κ1) is 14.8. The Bertz CT molecular complexity index is 427. The van der Waals surface area contributed by atoms with E-state index in [1.54, 1.807) is 19.1 Å². The SMILES string of the molecule is Cc1ccc(C(=O)CCC(C)(C)CCN)cc1F. The highest BCUT2D eigenvalue weighted by atomic mass is 19.1. The van der Waals surface area contributed by atoms with Gasteiger partial charge in [-0.25, -0.2) is 4.39 Å². The van der Waals surface area contributed by atoms with E-state index >= 15 is 0 Å². The van der Waals surface area contributed by atoms with Gasteiger partial charge in [0.05, 0.1) is 0 Å². The Kier molecular flexibility index (Phi) is 5.03. The molecule has 0 aromatic heterocycles. The van der Waals surface area contributed by atoms with Gasteiger partial charge in [0.1, 0.15) is 5.82 Å². The second-order valence-electron chi connectivity index (χ2n) is 5.59. The summed E-state index contributed by atoms with van der Waals surface area (Å²) in [5.74, 6) is -0.318. The summed E-state index contributed by atoms with van der Waals surface area (Å²) < 4.78 is 13.4. The lowest BCUT2D eigenvalue weighted by Crippen LogP contribution is -2.18. The number of carbonyl (C=O) groups is 1. The van der Waals surface area contributed by atoms with E-state index in [0.717, 1.165) is 12.8 Å². The van der Waals surface area contributed by atoms with E-state index < -0.39 is 0 Å². The van der Waals surface area contributed by atoms with Crippen molar-refractivity contribution in [2.24, 2.45) is 11.1 Å². The number of aryl methyl sites for hydroxylation is 1. The molecule has 0 amide bonds. The molecule has 0 radical (unpaired) electrons. The second-order valence-corrected chi connectivity index (χ2v) is 5.59. The summed E-state index contributed by atoms with van der Waals surface area (Å²) >= 11 is 0. The number of ketones is 1. The average molecular weight is 251 g/mol. The largest absolute Gasteiger partial charge is 0.330 e. The number of Topliss-reactive ketones (excluding diaryl/α,β-unsaturated/α-hetero) is 1. The molecule has 1 aromatic rings. The standard InChI is InChI=1S/C15H22FNO/c1-11-4-5-12(10-13(11)16)14(18)6-7-15(2,3)8-9-17/h4-5,10H,6-9,17H2,1-3H3. The van der Waals surface area contributed by atoms with Gasteiger partial charge in [0.15, 0.2) is 5.78 Å². The highest BCUT2D eigenvalue weighted by Gasteiger charge is 2.19. The Balaban J connectivity index is 2.63. The molecule has 2 N–H and O–H groups in total. The molecule has 2 nitrogen and oxygen atoms in total. The topological polar surface area (TPSA) is 43.1 Å². The minimum absolute atomic E-state index is 0.000929. The minimum atomic E-state index is -0.318. The summed E-state index contributed by atoms with van der Waals surface area (Å²) in [5.41, 5.74) is 6.62. The first-order chi connectivity index (χ1) is 8.35. The fourth-order valence-corrected chi connectivity index (χ4v) is 1.88. The molecule has 0 aliphatic carbocycles. The van der Waals surface area contributed by atoms with Crippen molar-refractivity contribution in [2.75, 3.05) is 6.54 Å². The molecule has 0 saturated carbocycles. The van der Waals surface area contributed by atoms with Gasteiger partial charge >= 0.3 is 0 Å². The van der Waals surface area contributed by atoms with Crippen LogP contribution in [0.4, 0.5) is 4.39 Å². The van der Waals surface area contributed by atoms with Crippen LogP contribution in [-0.2, 0) is 0 Å². The van der Waals surface area contributed by atoms with Gasteiger partial charge in [-0.15, -0.1) is 0 Å².